The summed E-state index contributed by atoms with van der Waals surface area (Å²) in [4.78, 5) is 9.61. The van der Waals surface area contributed by atoms with Crippen LogP contribution in [-0.2, 0) is 14.8 Å². The second-order valence-corrected chi connectivity index (χ2v) is 3.22. The van der Waals surface area contributed by atoms with Crippen LogP contribution >= 0.6 is 0 Å². The number of carboxylic acid groups (broad SMARTS) is 1. The number of hydrogen-bond donors (Lipinski definition) is 1. The zero-order valence-electron chi connectivity index (χ0n) is 4.53. The third-order valence-electron chi connectivity index (χ3n) is 0.591. The highest BCUT2D eigenvalue weighted by atomic mass is 32.2. The number of carbonyl (C=O) groups is 1. The Morgan fingerprint density at radius 1 is 1.56 bits per heavy atom. The molecule has 0 radical (unpaired) electrons. The summed E-state index contributed by atoms with van der Waals surface area (Å²) in [5, 5.41) is 14.1. The van der Waals surface area contributed by atoms with Gasteiger partial charge in [0.1, 0.15) is 0 Å². The van der Waals surface area contributed by atoms with Crippen LogP contribution in [0.3, 0.4) is 0 Å². The van der Waals surface area contributed by atoms with E-state index in [9.17, 15) is 18.3 Å². The second-order valence-electron chi connectivity index (χ2n) is 1.49. The Morgan fingerprint density at radius 3 is 2.11 bits per heavy atom. The predicted octanol–water partition coefficient (Wildman–Crippen LogP) is -2.59. The van der Waals surface area contributed by atoms with Crippen molar-refractivity contribution < 1.29 is 18.3 Å². The first-order valence-corrected chi connectivity index (χ1v) is 3.83. The maximum atomic E-state index is 10.0. The van der Waals surface area contributed by atoms with Gasteiger partial charge in [0.25, 0.3) is 0 Å². The van der Waals surface area contributed by atoms with Crippen LogP contribution in [0.4, 0.5) is 0 Å². The molecule has 0 aromatic carbocycles. The average molecular weight is 152 g/mol. The molecule has 0 spiro atoms. The molecule has 5 nitrogen and oxygen atoms in total. The van der Waals surface area contributed by atoms with E-state index in [4.69, 9.17) is 0 Å². The second kappa shape index (κ2) is 2.79. The van der Waals surface area contributed by atoms with E-state index in [-0.39, 0.29) is 0 Å². The van der Waals surface area contributed by atoms with Crippen LogP contribution in [-0.4, -0.2) is 20.1 Å². The summed E-state index contributed by atoms with van der Waals surface area (Å²) in [5.41, 5.74) is 0. The molecular formula is C3H6NO4S-. The monoisotopic (exact) mass is 152 g/mol. The lowest BCUT2D eigenvalue weighted by Crippen LogP contribution is -2.27. The van der Waals surface area contributed by atoms with E-state index in [1.807, 2.05) is 0 Å². The Labute approximate surface area is 52.5 Å². The summed E-state index contributed by atoms with van der Waals surface area (Å²) < 4.78 is 20.0. The van der Waals surface area contributed by atoms with Crippen molar-refractivity contribution in [1.29, 1.82) is 0 Å². The number of aliphatic carboxylic acids is 1. The summed E-state index contributed by atoms with van der Waals surface area (Å²) in [5.74, 6) is -1.97. The molecule has 0 amide bonds. The minimum absolute atomic E-state index is 0.543. The van der Waals surface area contributed by atoms with Gasteiger partial charge in [0, 0.05) is 12.4 Å². The first-order valence-electron chi connectivity index (χ1n) is 2.12. The van der Waals surface area contributed by atoms with Crippen LogP contribution in [0.2, 0.25) is 0 Å². The molecule has 9 heavy (non-hydrogen) atoms. The minimum atomic E-state index is -3.64. The number of carbonyl (C=O) groups excluding carboxylic acids is 1. The SMILES string of the molecule is NS(=O)(=O)CCC(=O)[O-]. The lowest BCUT2D eigenvalue weighted by molar-refractivity contribution is -0.305. The van der Waals surface area contributed by atoms with Gasteiger partial charge in [0.05, 0.1) is 5.75 Å². The van der Waals surface area contributed by atoms with Crippen molar-refractivity contribution in [2.75, 3.05) is 5.75 Å². The van der Waals surface area contributed by atoms with Gasteiger partial charge in [-0.25, -0.2) is 13.6 Å². The molecular weight excluding hydrogens is 146 g/mol. The molecule has 2 N–H and O–H groups in total. The Balaban J connectivity index is 3.67. The largest absolute Gasteiger partial charge is 0.550 e. The highest BCUT2D eigenvalue weighted by Crippen LogP contribution is 1.81. The maximum absolute atomic E-state index is 10.0. The van der Waals surface area contributed by atoms with Gasteiger partial charge in [-0.3, -0.25) is 0 Å². The van der Waals surface area contributed by atoms with Crippen molar-refractivity contribution in [1.82, 2.24) is 0 Å². The number of carboxylic acids is 1. The van der Waals surface area contributed by atoms with Crippen LogP contribution in [0, 0.1) is 0 Å². The molecule has 0 rings (SSSR count). The molecule has 0 saturated heterocycles. The molecule has 0 fully saturated rings. The molecule has 0 aliphatic carbocycles. The Morgan fingerprint density at radius 2 is 2.00 bits per heavy atom. The van der Waals surface area contributed by atoms with Crippen LogP contribution in [0.1, 0.15) is 6.42 Å². The lowest BCUT2D eigenvalue weighted by Gasteiger charge is -1.97. The highest BCUT2D eigenvalue weighted by molar-refractivity contribution is 7.89. The molecule has 0 aromatic rings. The molecule has 0 heterocycles. The zero-order valence-corrected chi connectivity index (χ0v) is 5.35. The van der Waals surface area contributed by atoms with Crippen LogP contribution in [0.5, 0.6) is 0 Å². The Kier molecular flexibility index (Phi) is 2.60. The quantitative estimate of drug-likeness (QED) is 0.479. The number of rotatable bonds is 3. The van der Waals surface area contributed by atoms with Gasteiger partial charge in [-0.1, -0.05) is 0 Å². The molecule has 0 unspecified atom stereocenters. The Bertz CT molecular complexity index is 194. The van der Waals surface area contributed by atoms with Gasteiger partial charge in [-0.15, -0.1) is 0 Å². The predicted molar refractivity (Wildman–Crippen MR) is 27.6 cm³/mol. The van der Waals surface area contributed by atoms with Crippen molar-refractivity contribution in [3.05, 3.63) is 0 Å². The van der Waals surface area contributed by atoms with Gasteiger partial charge in [0.2, 0.25) is 10.0 Å². The molecule has 0 bridgehead atoms. The van der Waals surface area contributed by atoms with Crippen molar-refractivity contribution in [3.63, 3.8) is 0 Å². The van der Waals surface area contributed by atoms with Crippen molar-refractivity contribution in [2.45, 2.75) is 6.42 Å². The van der Waals surface area contributed by atoms with Crippen molar-refractivity contribution in [3.8, 4) is 0 Å². The van der Waals surface area contributed by atoms with E-state index in [0.717, 1.165) is 0 Å². The highest BCUT2D eigenvalue weighted by Gasteiger charge is 2.00. The number of primary sulfonamides is 1. The molecule has 54 valence electrons. The van der Waals surface area contributed by atoms with Crippen molar-refractivity contribution >= 4 is 16.0 Å². The van der Waals surface area contributed by atoms with E-state index < -0.39 is 28.2 Å². The van der Waals surface area contributed by atoms with Crippen molar-refractivity contribution in [2.24, 2.45) is 5.14 Å². The number of sulfonamides is 1. The van der Waals surface area contributed by atoms with Gasteiger partial charge < -0.3 is 9.90 Å². The Hall–Kier alpha value is -0.620. The maximum Gasteiger partial charge on any atom is 0.209 e. The third-order valence-corrected chi connectivity index (χ3v) is 1.36. The summed E-state index contributed by atoms with van der Waals surface area (Å²) in [6, 6.07) is 0. The molecule has 0 aliphatic rings. The van der Waals surface area contributed by atoms with Gasteiger partial charge in [-0.05, 0) is 0 Å². The van der Waals surface area contributed by atoms with Gasteiger partial charge in [-0.2, -0.15) is 0 Å². The number of nitrogens with two attached hydrogens (primary N) is 1. The van der Waals surface area contributed by atoms with Crippen LogP contribution in [0.25, 0.3) is 0 Å². The standard InChI is InChI=1S/C3H7NO4S/c4-9(7,8)2-1-3(5)6/h1-2H2,(H,5,6)(H2,4,7,8)/p-1. The fourth-order valence-corrected chi connectivity index (χ4v) is 0.677. The summed E-state index contributed by atoms with van der Waals surface area (Å²) in [6.45, 7) is 0. The molecule has 0 aliphatic heterocycles. The van der Waals surface area contributed by atoms with Crippen LogP contribution in [0.15, 0.2) is 0 Å². The summed E-state index contributed by atoms with van der Waals surface area (Å²) >= 11 is 0. The molecule has 0 atom stereocenters. The lowest BCUT2D eigenvalue weighted by atomic mass is 10.5. The number of hydrogen-bond acceptors (Lipinski definition) is 4. The van der Waals surface area contributed by atoms with Crippen LogP contribution < -0.4 is 10.2 Å². The van der Waals surface area contributed by atoms with E-state index in [1.165, 1.54) is 0 Å². The molecule has 0 saturated carbocycles. The first-order chi connectivity index (χ1) is 3.92. The minimum Gasteiger partial charge on any atom is -0.550 e. The fraction of sp³-hybridized carbons (Fsp3) is 0.667. The topological polar surface area (TPSA) is 100 Å². The summed E-state index contributed by atoms with van der Waals surface area (Å²) in [6.07, 6.45) is -0.543. The first kappa shape index (κ1) is 8.38. The summed E-state index contributed by atoms with van der Waals surface area (Å²) in [7, 11) is -3.64. The fourth-order valence-electron chi connectivity index (χ4n) is 0.226. The van der Waals surface area contributed by atoms with E-state index in [1.54, 1.807) is 0 Å². The normalized spacial score (nSPS) is 11.2. The van der Waals surface area contributed by atoms with E-state index in [0.29, 0.717) is 0 Å². The molecule has 0 aromatic heterocycles. The smallest absolute Gasteiger partial charge is 0.209 e. The van der Waals surface area contributed by atoms with E-state index in [2.05, 4.69) is 5.14 Å². The zero-order chi connectivity index (χ0) is 7.49. The molecule has 6 heteroatoms. The van der Waals surface area contributed by atoms with Gasteiger partial charge in [0.15, 0.2) is 0 Å². The van der Waals surface area contributed by atoms with E-state index >= 15 is 0 Å². The third kappa shape index (κ3) is 7.38. The van der Waals surface area contributed by atoms with Gasteiger partial charge >= 0.3 is 0 Å². The average Bonchev–Trinajstić information content (AvgIpc) is 1.59.